The van der Waals surface area contributed by atoms with Gasteiger partial charge >= 0.3 is 0 Å². The Balaban J connectivity index is 2.18. The largest absolute Gasteiger partial charge is 0.333 e. The van der Waals surface area contributed by atoms with E-state index in [0.29, 0.717) is 22.0 Å². The van der Waals surface area contributed by atoms with Crippen LogP contribution in [0.4, 0.5) is 5.69 Å². The third-order valence-electron chi connectivity index (χ3n) is 2.68. The Kier molecular flexibility index (Phi) is 4.86. The van der Waals surface area contributed by atoms with Gasteiger partial charge in [0, 0.05) is 10.2 Å². The molecular formula is C12H13BrCl2N2S. The standard InChI is InChI=1S/C12H13BrCl2N2S/c1-6(2)10-5-18-12(16-10)17-11-8(14)3-7(13)4-9(11)15/h3-4,6,10H,5H2,1-2H3,(H,16,17)/t10-/m1/s1. The fourth-order valence-corrected chi connectivity index (χ4v) is 4.04. The molecule has 2 rings (SSSR count). The van der Waals surface area contributed by atoms with Crippen LogP contribution in [0, 0.1) is 5.92 Å². The van der Waals surface area contributed by atoms with Gasteiger partial charge in [-0.2, -0.15) is 0 Å². The van der Waals surface area contributed by atoms with Crippen molar-refractivity contribution in [3.63, 3.8) is 0 Å². The lowest BCUT2D eigenvalue weighted by Crippen LogP contribution is -2.12. The monoisotopic (exact) mass is 366 g/mol. The Bertz CT molecular complexity index is 468. The van der Waals surface area contributed by atoms with Gasteiger partial charge in [-0.15, -0.1) is 0 Å². The highest BCUT2D eigenvalue weighted by molar-refractivity contribution is 9.10. The molecule has 0 radical (unpaired) electrons. The van der Waals surface area contributed by atoms with E-state index in [1.54, 1.807) is 11.8 Å². The number of rotatable bonds is 2. The first-order chi connectivity index (χ1) is 8.47. The summed E-state index contributed by atoms with van der Waals surface area (Å²) in [4.78, 5) is 4.63. The van der Waals surface area contributed by atoms with Gasteiger partial charge in [-0.25, -0.2) is 0 Å². The maximum absolute atomic E-state index is 6.17. The number of nitrogens with one attached hydrogen (secondary N) is 1. The van der Waals surface area contributed by atoms with E-state index in [1.165, 1.54) is 0 Å². The van der Waals surface area contributed by atoms with E-state index in [2.05, 4.69) is 40.1 Å². The Labute approximate surface area is 130 Å². The van der Waals surface area contributed by atoms with E-state index in [0.717, 1.165) is 21.1 Å². The molecule has 1 aromatic carbocycles. The summed E-state index contributed by atoms with van der Waals surface area (Å²) in [5.41, 5.74) is 0.720. The van der Waals surface area contributed by atoms with Crippen LogP contribution in [0.3, 0.4) is 0 Å². The number of thioether (sulfide) groups is 1. The average Bonchev–Trinajstić information content (AvgIpc) is 2.71. The van der Waals surface area contributed by atoms with E-state index >= 15 is 0 Å². The number of anilines is 1. The van der Waals surface area contributed by atoms with E-state index < -0.39 is 0 Å². The second-order valence-electron chi connectivity index (χ2n) is 4.43. The summed E-state index contributed by atoms with van der Waals surface area (Å²) in [6, 6.07) is 4.00. The number of benzene rings is 1. The van der Waals surface area contributed by atoms with E-state index in [9.17, 15) is 0 Å². The molecule has 2 nitrogen and oxygen atoms in total. The van der Waals surface area contributed by atoms with Crippen LogP contribution in [0.2, 0.25) is 10.0 Å². The highest BCUT2D eigenvalue weighted by atomic mass is 79.9. The number of hydrogen-bond acceptors (Lipinski definition) is 3. The minimum absolute atomic E-state index is 0.366. The number of amidine groups is 1. The van der Waals surface area contributed by atoms with Gasteiger partial charge in [-0.3, -0.25) is 4.99 Å². The van der Waals surface area contributed by atoms with Crippen molar-refractivity contribution in [2.45, 2.75) is 19.9 Å². The zero-order chi connectivity index (χ0) is 13.3. The van der Waals surface area contributed by atoms with Crippen LogP contribution in [0.1, 0.15) is 13.8 Å². The van der Waals surface area contributed by atoms with Crippen LogP contribution in [-0.4, -0.2) is 17.0 Å². The molecule has 0 bridgehead atoms. The van der Waals surface area contributed by atoms with Crippen molar-refractivity contribution in [3.8, 4) is 0 Å². The number of hydrogen-bond donors (Lipinski definition) is 1. The molecule has 0 unspecified atom stereocenters. The third kappa shape index (κ3) is 3.35. The molecule has 1 aromatic rings. The van der Waals surface area contributed by atoms with Crippen molar-refractivity contribution in [2.75, 3.05) is 11.1 Å². The van der Waals surface area contributed by atoms with Crippen LogP contribution in [0.15, 0.2) is 21.6 Å². The molecule has 1 N–H and O–H groups in total. The van der Waals surface area contributed by atoms with Crippen LogP contribution in [-0.2, 0) is 0 Å². The molecule has 0 spiro atoms. The predicted octanol–water partition coefficient (Wildman–Crippen LogP) is 5.30. The molecule has 0 fully saturated rings. The summed E-state index contributed by atoms with van der Waals surface area (Å²) in [5.74, 6) is 1.55. The van der Waals surface area contributed by atoms with Crippen LogP contribution < -0.4 is 5.32 Å². The summed E-state index contributed by atoms with van der Waals surface area (Å²) >= 11 is 17.4. The summed E-state index contributed by atoms with van der Waals surface area (Å²) in [7, 11) is 0. The first-order valence-corrected chi connectivity index (χ1v) is 8.13. The van der Waals surface area contributed by atoms with E-state index in [-0.39, 0.29) is 0 Å². The van der Waals surface area contributed by atoms with Gasteiger partial charge in [0.2, 0.25) is 0 Å². The van der Waals surface area contributed by atoms with Gasteiger partial charge in [0.25, 0.3) is 0 Å². The molecule has 0 saturated carbocycles. The van der Waals surface area contributed by atoms with Gasteiger partial charge < -0.3 is 5.32 Å². The zero-order valence-electron chi connectivity index (χ0n) is 10.0. The molecule has 1 atom stereocenters. The van der Waals surface area contributed by atoms with Crippen molar-refractivity contribution in [1.82, 2.24) is 0 Å². The van der Waals surface area contributed by atoms with Crippen LogP contribution >= 0.6 is 50.9 Å². The van der Waals surface area contributed by atoms with Gasteiger partial charge in [-0.1, -0.05) is 64.7 Å². The summed E-state index contributed by atoms with van der Waals surface area (Å²) < 4.78 is 0.865. The van der Waals surface area contributed by atoms with Crippen molar-refractivity contribution in [1.29, 1.82) is 0 Å². The number of nitrogens with zero attached hydrogens (tertiary/aromatic N) is 1. The van der Waals surface area contributed by atoms with Gasteiger partial charge in [-0.05, 0) is 18.1 Å². The molecule has 0 amide bonds. The fraction of sp³-hybridized carbons (Fsp3) is 0.417. The van der Waals surface area contributed by atoms with Gasteiger partial charge in [0.1, 0.15) is 0 Å². The molecule has 1 aliphatic heterocycles. The van der Waals surface area contributed by atoms with Crippen molar-refractivity contribution >= 4 is 61.7 Å². The summed E-state index contributed by atoms with van der Waals surface area (Å²) in [5, 5.41) is 5.28. The fourth-order valence-electron chi connectivity index (χ4n) is 1.57. The first-order valence-electron chi connectivity index (χ1n) is 5.59. The number of halogens is 3. The van der Waals surface area contributed by atoms with E-state index in [4.69, 9.17) is 23.2 Å². The third-order valence-corrected chi connectivity index (χ3v) is 4.73. The molecule has 18 heavy (non-hydrogen) atoms. The molecular weight excluding hydrogens is 355 g/mol. The quantitative estimate of drug-likeness (QED) is 0.767. The maximum Gasteiger partial charge on any atom is 0.161 e. The first kappa shape index (κ1) is 14.5. The molecule has 6 heteroatoms. The molecule has 0 aliphatic carbocycles. The lowest BCUT2D eigenvalue weighted by atomic mass is 10.1. The topological polar surface area (TPSA) is 24.4 Å². The van der Waals surface area contributed by atoms with Gasteiger partial charge in [0.15, 0.2) is 5.17 Å². The lowest BCUT2D eigenvalue weighted by molar-refractivity contribution is 0.543. The van der Waals surface area contributed by atoms with E-state index in [1.807, 2.05) is 12.1 Å². The molecule has 0 saturated heterocycles. The second-order valence-corrected chi connectivity index (χ2v) is 7.16. The lowest BCUT2D eigenvalue weighted by Gasteiger charge is -2.10. The number of aliphatic imine (C=N–C) groups is 1. The average molecular weight is 368 g/mol. The van der Waals surface area contributed by atoms with Crippen molar-refractivity contribution < 1.29 is 0 Å². The molecule has 1 aliphatic rings. The van der Waals surface area contributed by atoms with Gasteiger partial charge in [0.05, 0.1) is 21.8 Å². The maximum atomic E-state index is 6.17. The zero-order valence-corrected chi connectivity index (χ0v) is 13.9. The summed E-state index contributed by atoms with van der Waals surface area (Å²) in [6.07, 6.45) is 0. The smallest absolute Gasteiger partial charge is 0.161 e. The molecule has 98 valence electrons. The van der Waals surface area contributed by atoms with Crippen molar-refractivity contribution in [2.24, 2.45) is 10.9 Å². The Hall–Kier alpha value is 0.1000. The second kappa shape index (κ2) is 6.04. The highest BCUT2D eigenvalue weighted by Crippen LogP contribution is 2.35. The SMILES string of the molecule is CC(C)[C@H]1CSC(Nc2c(Cl)cc(Br)cc2Cl)=N1. The molecule has 1 heterocycles. The Morgan fingerprint density at radius 2 is 2.00 bits per heavy atom. The normalized spacial score (nSPS) is 19.2. The van der Waals surface area contributed by atoms with Crippen LogP contribution in [0.5, 0.6) is 0 Å². The van der Waals surface area contributed by atoms with Crippen molar-refractivity contribution in [3.05, 3.63) is 26.7 Å². The highest BCUT2D eigenvalue weighted by Gasteiger charge is 2.22. The Morgan fingerprint density at radius 3 is 2.50 bits per heavy atom. The van der Waals surface area contributed by atoms with Crippen LogP contribution in [0.25, 0.3) is 0 Å². The molecule has 0 aromatic heterocycles. The summed E-state index contributed by atoms with van der Waals surface area (Å²) in [6.45, 7) is 4.36. The minimum atomic E-state index is 0.366. The minimum Gasteiger partial charge on any atom is -0.333 e. The predicted molar refractivity (Wildman–Crippen MR) is 86.3 cm³/mol. The Morgan fingerprint density at radius 1 is 1.39 bits per heavy atom.